The first-order valence-electron chi connectivity index (χ1n) is 5.97. The van der Waals surface area contributed by atoms with E-state index in [0.717, 1.165) is 11.3 Å². The molecule has 0 radical (unpaired) electrons. The number of benzene rings is 2. The van der Waals surface area contributed by atoms with Gasteiger partial charge in [0.2, 0.25) is 0 Å². The molecule has 2 aromatic rings. The van der Waals surface area contributed by atoms with Crippen LogP contribution in [-0.2, 0) is 0 Å². The largest absolute Gasteiger partial charge is 0.497 e. The Balaban J connectivity index is 2.18. The number of hydrogen-bond acceptors (Lipinski definition) is 3. The SMILES string of the molecule is COc1ccc(Oc2ccc([C@@H](C)N)cc2F)cc1. The Morgan fingerprint density at radius 2 is 1.68 bits per heavy atom. The van der Waals surface area contributed by atoms with E-state index in [9.17, 15) is 4.39 Å². The van der Waals surface area contributed by atoms with E-state index in [1.54, 1.807) is 50.4 Å². The maximum absolute atomic E-state index is 13.8. The maximum Gasteiger partial charge on any atom is 0.166 e. The van der Waals surface area contributed by atoms with Crippen molar-refractivity contribution in [1.29, 1.82) is 0 Å². The van der Waals surface area contributed by atoms with E-state index in [1.807, 2.05) is 0 Å². The van der Waals surface area contributed by atoms with Gasteiger partial charge in [0.25, 0.3) is 0 Å². The normalized spacial score (nSPS) is 12.0. The quantitative estimate of drug-likeness (QED) is 0.913. The number of rotatable bonds is 4. The van der Waals surface area contributed by atoms with Gasteiger partial charge in [0.05, 0.1) is 7.11 Å². The summed E-state index contributed by atoms with van der Waals surface area (Å²) < 4.78 is 24.3. The molecule has 0 aliphatic heterocycles. The highest BCUT2D eigenvalue weighted by molar-refractivity contribution is 5.37. The molecule has 100 valence electrons. The van der Waals surface area contributed by atoms with Crippen molar-refractivity contribution in [3.8, 4) is 17.2 Å². The fraction of sp³-hybridized carbons (Fsp3) is 0.200. The third-order valence-corrected chi connectivity index (χ3v) is 2.77. The van der Waals surface area contributed by atoms with Crippen LogP contribution in [0.25, 0.3) is 0 Å². The molecule has 0 fully saturated rings. The fourth-order valence-electron chi connectivity index (χ4n) is 1.65. The molecule has 0 unspecified atom stereocenters. The summed E-state index contributed by atoms with van der Waals surface area (Å²) in [6, 6.07) is 11.5. The molecule has 0 saturated heterocycles. The van der Waals surface area contributed by atoms with E-state index in [-0.39, 0.29) is 11.8 Å². The zero-order chi connectivity index (χ0) is 13.8. The van der Waals surface area contributed by atoms with Crippen LogP contribution in [0.15, 0.2) is 42.5 Å². The van der Waals surface area contributed by atoms with Gasteiger partial charge in [-0.3, -0.25) is 0 Å². The lowest BCUT2D eigenvalue weighted by Crippen LogP contribution is -2.05. The minimum atomic E-state index is -0.425. The lowest BCUT2D eigenvalue weighted by atomic mass is 10.1. The summed E-state index contributed by atoms with van der Waals surface area (Å²) in [5, 5.41) is 0. The molecule has 0 bridgehead atoms. The number of hydrogen-bond donors (Lipinski definition) is 1. The summed E-state index contributed by atoms with van der Waals surface area (Å²) >= 11 is 0. The lowest BCUT2D eigenvalue weighted by Gasteiger charge is -2.10. The molecular weight excluding hydrogens is 245 g/mol. The maximum atomic E-state index is 13.8. The van der Waals surface area contributed by atoms with Crippen LogP contribution in [0.5, 0.6) is 17.2 Å². The Kier molecular flexibility index (Phi) is 4.02. The summed E-state index contributed by atoms with van der Waals surface area (Å²) in [6.45, 7) is 1.80. The van der Waals surface area contributed by atoms with E-state index in [0.29, 0.717) is 5.75 Å². The first kappa shape index (κ1) is 13.4. The predicted molar refractivity (Wildman–Crippen MR) is 72.1 cm³/mol. The monoisotopic (exact) mass is 261 g/mol. The molecule has 2 rings (SSSR count). The van der Waals surface area contributed by atoms with Crippen LogP contribution in [0.2, 0.25) is 0 Å². The molecule has 0 aromatic heterocycles. The molecule has 0 aliphatic rings. The van der Waals surface area contributed by atoms with Crippen molar-refractivity contribution in [2.24, 2.45) is 5.73 Å². The highest BCUT2D eigenvalue weighted by Gasteiger charge is 2.08. The van der Waals surface area contributed by atoms with Crippen LogP contribution in [0.4, 0.5) is 4.39 Å². The molecule has 0 amide bonds. The topological polar surface area (TPSA) is 44.5 Å². The molecule has 0 heterocycles. The average Bonchev–Trinajstić information content (AvgIpc) is 2.41. The van der Waals surface area contributed by atoms with Crippen molar-refractivity contribution in [3.05, 3.63) is 53.8 Å². The van der Waals surface area contributed by atoms with E-state index < -0.39 is 5.82 Å². The second-order valence-corrected chi connectivity index (χ2v) is 4.26. The average molecular weight is 261 g/mol. The second kappa shape index (κ2) is 5.71. The summed E-state index contributed by atoms with van der Waals surface area (Å²) in [6.07, 6.45) is 0. The number of methoxy groups -OCH3 is 1. The van der Waals surface area contributed by atoms with Crippen molar-refractivity contribution in [1.82, 2.24) is 0 Å². The first-order chi connectivity index (χ1) is 9.10. The Morgan fingerprint density at radius 3 is 2.21 bits per heavy atom. The number of ether oxygens (including phenoxy) is 2. The number of nitrogens with two attached hydrogens (primary N) is 1. The van der Waals surface area contributed by atoms with Crippen LogP contribution < -0.4 is 15.2 Å². The molecule has 2 aromatic carbocycles. The molecule has 19 heavy (non-hydrogen) atoms. The smallest absolute Gasteiger partial charge is 0.166 e. The van der Waals surface area contributed by atoms with Gasteiger partial charge in [-0.25, -0.2) is 4.39 Å². The standard InChI is InChI=1S/C15H16FNO2/c1-10(17)11-3-8-15(14(16)9-11)19-13-6-4-12(18-2)5-7-13/h3-10H,17H2,1-2H3/t10-/m1/s1. The summed E-state index contributed by atoms with van der Waals surface area (Å²) in [5.74, 6) is 1.02. The summed E-state index contributed by atoms with van der Waals surface area (Å²) in [7, 11) is 1.59. The zero-order valence-electron chi connectivity index (χ0n) is 10.9. The van der Waals surface area contributed by atoms with Crippen LogP contribution in [0.1, 0.15) is 18.5 Å². The van der Waals surface area contributed by atoms with Gasteiger partial charge < -0.3 is 15.2 Å². The van der Waals surface area contributed by atoms with E-state index in [4.69, 9.17) is 15.2 Å². The Hall–Kier alpha value is -2.07. The van der Waals surface area contributed by atoms with Crippen molar-refractivity contribution < 1.29 is 13.9 Å². The third-order valence-electron chi connectivity index (χ3n) is 2.77. The molecule has 0 saturated carbocycles. The second-order valence-electron chi connectivity index (χ2n) is 4.26. The van der Waals surface area contributed by atoms with Gasteiger partial charge in [-0.05, 0) is 48.9 Å². The minimum Gasteiger partial charge on any atom is -0.497 e. The van der Waals surface area contributed by atoms with Crippen molar-refractivity contribution in [2.45, 2.75) is 13.0 Å². The van der Waals surface area contributed by atoms with Crippen molar-refractivity contribution >= 4 is 0 Å². The molecule has 2 N–H and O–H groups in total. The van der Waals surface area contributed by atoms with Crippen molar-refractivity contribution in [2.75, 3.05) is 7.11 Å². The van der Waals surface area contributed by atoms with Crippen LogP contribution >= 0.6 is 0 Å². The molecule has 0 spiro atoms. The van der Waals surface area contributed by atoms with Gasteiger partial charge in [-0.1, -0.05) is 6.07 Å². The van der Waals surface area contributed by atoms with E-state index >= 15 is 0 Å². The molecule has 1 atom stereocenters. The molecular formula is C15H16FNO2. The van der Waals surface area contributed by atoms with Crippen LogP contribution in [-0.4, -0.2) is 7.11 Å². The van der Waals surface area contributed by atoms with Crippen LogP contribution in [0.3, 0.4) is 0 Å². The van der Waals surface area contributed by atoms with E-state index in [1.165, 1.54) is 6.07 Å². The summed E-state index contributed by atoms with van der Waals surface area (Å²) in [4.78, 5) is 0. The van der Waals surface area contributed by atoms with Gasteiger partial charge in [0, 0.05) is 6.04 Å². The number of halogens is 1. The highest BCUT2D eigenvalue weighted by Crippen LogP contribution is 2.27. The Bertz CT molecular complexity index is 553. The zero-order valence-corrected chi connectivity index (χ0v) is 10.9. The van der Waals surface area contributed by atoms with Crippen LogP contribution in [0, 0.1) is 5.82 Å². The first-order valence-corrected chi connectivity index (χ1v) is 5.97. The Labute approximate surface area is 111 Å². The fourth-order valence-corrected chi connectivity index (χ4v) is 1.65. The van der Waals surface area contributed by atoms with Crippen molar-refractivity contribution in [3.63, 3.8) is 0 Å². The van der Waals surface area contributed by atoms with Gasteiger partial charge in [0.1, 0.15) is 11.5 Å². The third kappa shape index (κ3) is 3.23. The van der Waals surface area contributed by atoms with Gasteiger partial charge in [-0.15, -0.1) is 0 Å². The lowest BCUT2D eigenvalue weighted by molar-refractivity contribution is 0.411. The Morgan fingerprint density at radius 1 is 1.05 bits per heavy atom. The molecule has 4 heteroatoms. The highest BCUT2D eigenvalue weighted by atomic mass is 19.1. The molecule has 3 nitrogen and oxygen atoms in total. The molecule has 0 aliphatic carbocycles. The van der Waals surface area contributed by atoms with Gasteiger partial charge in [-0.2, -0.15) is 0 Å². The predicted octanol–water partition coefficient (Wildman–Crippen LogP) is 3.65. The van der Waals surface area contributed by atoms with E-state index in [2.05, 4.69) is 0 Å². The minimum absolute atomic E-state index is 0.176. The summed E-state index contributed by atoms with van der Waals surface area (Å²) in [5.41, 5.74) is 6.43. The van der Waals surface area contributed by atoms with Gasteiger partial charge >= 0.3 is 0 Å². The van der Waals surface area contributed by atoms with Gasteiger partial charge in [0.15, 0.2) is 11.6 Å².